The van der Waals surface area contributed by atoms with E-state index in [1.807, 2.05) is 20.9 Å². The summed E-state index contributed by atoms with van der Waals surface area (Å²) in [5.41, 5.74) is 0. The van der Waals surface area contributed by atoms with Crippen LogP contribution in [-0.2, 0) is 9.47 Å². The molecule has 0 aromatic rings. The number of ether oxygens (including phenoxy) is 2. The summed E-state index contributed by atoms with van der Waals surface area (Å²) in [6, 6.07) is 0. The molecule has 0 saturated heterocycles. The second kappa shape index (κ2) is 9.40. The summed E-state index contributed by atoms with van der Waals surface area (Å²) in [5.74, 6) is 0. The molecule has 0 aliphatic carbocycles. The molecule has 0 aliphatic rings. The van der Waals surface area contributed by atoms with E-state index in [-0.39, 0.29) is 6.29 Å². The van der Waals surface area contributed by atoms with Gasteiger partial charge in [-0.1, -0.05) is 0 Å². The highest BCUT2D eigenvalue weighted by atomic mass is 16.7. The smallest absolute Gasteiger partial charge is 0.170 e. The van der Waals surface area contributed by atoms with Crippen molar-refractivity contribution in [2.75, 3.05) is 46.9 Å². The maximum absolute atomic E-state index is 5.45. The van der Waals surface area contributed by atoms with Crippen molar-refractivity contribution in [1.82, 2.24) is 10.2 Å². The van der Waals surface area contributed by atoms with Gasteiger partial charge < -0.3 is 19.7 Å². The number of rotatable bonds is 9. The first-order valence-electron chi connectivity index (χ1n) is 5.30. The lowest BCUT2D eigenvalue weighted by Crippen LogP contribution is -2.36. The molecule has 0 fully saturated rings. The summed E-state index contributed by atoms with van der Waals surface area (Å²) in [6.45, 7) is 8.19. The highest BCUT2D eigenvalue weighted by molar-refractivity contribution is 4.56. The average molecular weight is 204 g/mol. The zero-order valence-corrected chi connectivity index (χ0v) is 9.88. The van der Waals surface area contributed by atoms with Crippen LogP contribution in [0.2, 0.25) is 0 Å². The Bertz CT molecular complexity index is 117. The monoisotopic (exact) mass is 204 g/mol. The molecule has 0 bridgehead atoms. The summed E-state index contributed by atoms with van der Waals surface area (Å²) in [6.07, 6.45) is -0.0909. The minimum absolute atomic E-state index is 0.0909. The fourth-order valence-corrected chi connectivity index (χ4v) is 1.17. The van der Waals surface area contributed by atoms with Gasteiger partial charge in [-0.05, 0) is 27.9 Å². The van der Waals surface area contributed by atoms with Crippen molar-refractivity contribution in [3.8, 4) is 0 Å². The van der Waals surface area contributed by atoms with E-state index in [0.717, 1.165) is 19.6 Å². The van der Waals surface area contributed by atoms with E-state index in [1.54, 1.807) is 0 Å². The van der Waals surface area contributed by atoms with Crippen molar-refractivity contribution < 1.29 is 9.47 Å². The van der Waals surface area contributed by atoms with Gasteiger partial charge in [-0.2, -0.15) is 0 Å². The predicted octanol–water partition coefficient (Wildman–Crippen LogP) is 0.537. The van der Waals surface area contributed by atoms with E-state index < -0.39 is 0 Å². The van der Waals surface area contributed by atoms with E-state index in [4.69, 9.17) is 9.47 Å². The Hall–Kier alpha value is -0.160. The standard InChI is InChI=1S/C10H24N2O2/c1-5-13-10(14-6-2)9-12(4)8-7-11-3/h10-11H,5-9H2,1-4H3. The third kappa shape index (κ3) is 7.26. The lowest BCUT2D eigenvalue weighted by molar-refractivity contribution is -0.144. The summed E-state index contributed by atoms with van der Waals surface area (Å²) < 4.78 is 10.9. The maximum Gasteiger partial charge on any atom is 0.170 e. The average Bonchev–Trinajstić information content (AvgIpc) is 2.15. The molecule has 0 radical (unpaired) electrons. The number of likely N-dealkylation sites (N-methyl/N-ethyl adjacent to an activating group) is 2. The molecular formula is C10H24N2O2. The van der Waals surface area contributed by atoms with Crippen LogP contribution >= 0.6 is 0 Å². The van der Waals surface area contributed by atoms with Gasteiger partial charge in [-0.3, -0.25) is 0 Å². The normalized spacial score (nSPS) is 11.6. The topological polar surface area (TPSA) is 33.7 Å². The minimum atomic E-state index is -0.0909. The molecule has 0 aromatic heterocycles. The van der Waals surface area contributed by atoms with Crippen LogP contribution in [0, 0.1) is 0 Å². The Balaban J connectivity index is 3.64. The third-order valence-electron chi connectivity index (χ3n) is 1.91. The van der Waals surface area contributed by atoms with Gasteiger partial charge in [-0.15, -0.1) is 0 Å². The van der Waals surface area contributed by atoms with Crippen molar-refractivity contribution in [1.29, 1.82) is 0 Å². The van der Waals surface area contributed by atoms with Crippen LogP contribution < -0.4 is 5.32 Å². The molecule has 86 valence electrons. The molecule has 0 saturated carbocycles. The number of nitrogens with one attached hydrogen (secondary N) is 1. The molecule has 0 aliphatic heterocycles. The summed E-state index contributed by atoms with van der Waals surface area (Å²) in [5, 5.41) is 3.11. The molecule has 0 unspecified atom stereocenters. The van der Waals surface area contributed by atoms with Crippen LogP contribution in [-0.4, -0.2) is 58.1 Å². The van der Waals surface area contributed by atoms with Gasteiger partial charge in [-0.25, -0.2) is 0 Å². The van der Waals surface area contributed by atoms with Gasteiger partial charge in [0.15, 0.2) is 6.29 Å². The summed E-state index contributed by atoms with van der Waals surface area (Å²) in [4.78, 5) is 2.20. The molecule has 0 spiro atoms. The molecule has 0 amide bonds. The van der Waals surface area contributed by atoms with Crippen LogP contribution in [0.3, 0.4) is 0 Å². The number of nitrogens with zero attached hydrogens (tertiary/aromatic N) is 1. The second-order valence-electron chi connectivity index (χ2n) is 3.21. The molecule has 14 heavy (non-hydrogen) atoms. The molecule has 4 heteroatoms. The molecular weight excluding hydrogens is 180 g/mol. The van der Waals surface area contributed by atoms with Crippen molar-refractivity contribution in [3.05, 3.63) is 0 Å². The molecule has 0 atom stereocenters. The zero-order chi connectivity index (χ0) is 10.8. The maximum atomic E-state index is 5.45. The van der Waals surface area contributed by atoms with Crippen LogP contribution in [0.5, 0.6) is 0 Å². The molecule has 4 nitrogen and oxygen atoms in total. The highest BCUT2D eigenvalue weighted by Crippen LogP contribution is 1.97. The number of hydrogen-bond donors (Lipinski definition) is 1. The van der Waals surface area contributed by atoms with E-state index in [9.17, 15) is 0 Å². The first-order valence-corrected chi connectivity index (χ1v) is 5.30. The van der Waals surface area contributed by atoms with Crippen LogP contribution in [0.15, 0.2) is 0 Å². The predicted molar refractivity (Wildman–Crippen MR) is 58.5 cm³/mol. The van der Waals surface area contributed by atoms with Gasteiger partial charge in [0.05, 0.1) is 0 Å². The molecule has 1 N–H and O–H groups in total. The van der Waals surface area contributed by atoms with Gasteiger partial charge in [0.2, 0.25) is 0 Å². The van der Waals surface area contributed by atoms with Crippen LogP contribution in [0.4, 0.5) is 0 Å². The van der Waals surface area contributed by atoms with Gasteiger partial charge in [0.1, 0.15) is 0 Å². The fourth-order valence-electron chi connectivity index (χ4n) is 1.17. The Morgan fingerprint density at radius 3 is 2.21 bits per heavy atom. The Kier molecular flexibility index (Phi) is 9.29. The van der Waals surface area contributed by atoms with Gasteiger partial charge in [0, 0.05) is 32.8 Å². The lowest BCUT2D eigenvalue weighted by Gasteiger charge is -2.23. The second-order valence-corrected chi connectivity index (χ2v) is 3.21. The Labute approximate surface area is 87.6 Å². The fraction of sp³-hybridized carbons (Fsp3) is 1.00. The van der Waals surface area contributed by atoms with Crippen LogP contribution in [0.25, 0.3) is 0 Å². The van der Waals surface area contributed by atoms with Crippen LogP contribution in [0.1, 0.15) is 13.8 Å². The largest absolute Gasteiger partial charge is 0.352 e. The minimum Gasteiger partial charge on any atom is -0.352 e. The lowest BCUT2D eigenvalue weighted by atomic mass is 10.5. The van der Waals surface area contributed by atoms with Crippen molar-refractivity contribution in [2.45, 2.75) is 20.1 Å². The first kappa shape index (κ1) is 13.8. The van der Waals surface area contributed by atoms with Crippen molar-refractivity contribution in [3.63, 3.8) is 0 Å². The Morgan fingerprint density at radius 1 is 1.21 bits per heavy atom. The summed E-state index contributed by atoms with van der Waals surface area (Å²) >= 11 is 0. The zero-order valence-electron chi connectivity index (χ0n) is 9.88. The molecule has 0 rings (SSSR count). The third-order valence-corrected chi connectivity index (χ3v) is 1.91. The quantitative estimate of drug-likeness (QED) is 0.556. The van der Waals surface area contributed by atoms with Crippen molar-refractivity contribution >= 4 is 0 Å². The van der Waals surface area contributed by atoms with E-state index in [1.165, 1.54) is 0 Å². The molecule has 0 aromatic carbocycles. The summed E-state index contributed by atoms with van der Waals surface area (Å²) in [7, 11) is 4.03. The highest BCUT2D eigenvalue weighted by Gasteiger charge is 2.10. The SMILES string of the molecule is CCOC(CN(C)CCNC)OCC. The van der Waals surface area contributed by atoms with E-state index >= 15 is 0 Å². The van der Waals surface area contributed by atoms with Gasteiger partial charge in [0.25, 0.3) is 0 Å². The first-order chi connectivity index (χ1) is 6.74. The van der Waals surface area contributed by atoms with E-state index in [2.05, 4.69) is 17.3 Å². The van der Waals surface area contributed by atoms with Crippen molar-refractivity contribution in [2.24, 2.45) is 0 Å². The Morgan fingerprint density at radius 2 is 1.79 bits per heavy atom. The molecule has 0 heterocycles. The van der Waals surface area contributed by atoms with E-state index in [0.29, 0.717) is 13.2 Å². The van der Waals surface area contributed by atoms with Gasteiger partial charge >= 0.3 is 0 Å². The number of hydrogen-bond acceptors (Lipinski definition) is 4.